The van der Waals surface area contributed by atoms with Crippen LogP contribution in [0.5, 0.6) is 0 Å². The van der Waals surface area contributed by atoms with Crippen LogP contribution < -0.4 is 0 Å². The molecule has 0 bridgehead atoms. The maximum atomic E-state index is 12.2. The summed E-state index contributed by atoms with van der Waals surface area (Å²) in [7, 11) is 1.98. The number of allylic oxidation sites excluding steroid dienone is 1. The van der Waals surface area contributed by atoms with Crippen molar-refractivity contribution in [3.63, 3.8) is 0 Å². The quantitative estimate of drug-likeness (QED) is 0.800. The molecule has 1 heterocycles. The van der Waals surface area contributed by atoms with Gasteiger partial charge in [-0.2, -0.15) is 0 Å². The van der Waals surface area contributed by atoms with E-state index in [1.165, 1.54) is 0 Å². The molecule has 1 saturated heterocycles. The number of amides is 1. The molecule has 1 unspecified atom stereocenters. The first-order valence-electron chi connectivity index (χ1n) is 9.48. The molecule has 0 aromatic heterocycles. The molecule has 0 spiro atoms. The van der Waals surface area contributed by atoms with Crippen LogP contribution in [-0.2, 0) is 9.59 Å². The Hall–Kier alpha value is -1.32. The molecule has 4 heteroatoms. The zero-order valence-electron chi connectivity index (χ0n) is 15.0. The molecule has 1 N–H and O–H groups in total. The van der Waals surface area contributed by atoms with Gasteiger partial charge in [-0.3, -0.25) is 4.79 Å². The summed E-state index contributed by atoms with van der Waals surface area (Å²) in [5.74, 6) is 1.29. The van der Waals surface area contributed by atoms with Crippen LogP contribution in [0.4, 0.5) is 0 Å². The first-order chi connectivity index (χ1) is 11.3. The third-order valence-corrected chi connectivity index (χ3v) is 8.37. The summed E-state index contributed by atoms with van der Waals surface area (Å²) in [4.78, 5) is 25.9. The van der Waals surface area contributed by atoms with E-state index < -0.39 is 5.97 Å². The van der Waals surface area contributed by atoms with E-state index in [0.717, 1.165) is 38.5 Å². The number of fused-ring (bicyclic) bond motifs is 5. The number of hydrogen-bond acceptors (Lipinski definition) is 2. The minimum absolute atomic E-state index is 0.146. The van der Waals surface area contributed by atoms with Gasteiger partial charge in [-0.15, -0.1) is 0 Å². The fraction of sp³-hybridized carbons (Fsp3) is 0.800. The van der Waals surface area contributed by atoms with Crippen LogP contribution in [0.25, 0.3) is 0 Å². The molecule has 0 aromatic rings. The van der Waals surface area contributed by atoms with Crippen molar-refractivity contribution in [1.29, 1.82) is 0 Å². The van der Waals surface area contributed by atoms with E-state index in [-0.39, 0.29) is 10.8 Å². The molecule has 1 amide bonds. The van der Waals surface area contributed by atoms with E-state index in [1.54, 1.807) is 0 Å². The first-order valence-corrected chi connectivity index (χ1v) is 9.48. The van der Waals surface area contributed by atoms with Crippen LogP contribution in [-0.4, -0.2) is 35.0 Å². The lowest BCUT2D eigenvalue weighted by Crippen LogP contribution is -2.61. The van der Waals surface area contributed by atoms with Crippen molar-refractivity contribution in [2.24, 2.45) is 28.6 Å². The Morgan fingerprint density at radius 1 is 1.21 bits per heavy atom. The summed E-state index contributed by atoms with van der Waals surface area (Å²) in [6.07, 6.45) is 8.92. The average Bonchev–Trinajstić information content (AvgIpc) is 2.89. The van der Waals surface area contributed by atoms with Gasteiger partial charge in [-0.25, -0.2) is 4.79 Å². The van der Waals surface area contributed by atoms with Crippen LogP contribution in [0.15, 0.2) is 11.6 Å². The molecule has 24 heavy (non-hydrogen) atoms. The Morgan fingerprint density at radius 2 is 1.96 bits per heavy atom. The van der Waals surface area contributed by atoms with Crippen molar-refractivity contribution < 1.29 is 14.7 Å². The van der Waals surface area contributed by atoms with Crippen molar-refractivity contribution in [2.45, 2.75) is 64.8 Å². The van der Waals surface area contributed by atoms with Gasteiger partial charge in [-0.1, -0.05) is 19.9 Å². The molecular weight excluding hydrogens is 302 g/mol. The Bertz CT molecular complexity index is 626. The molecule has 4 aliphatic rings. The monoisotopic (exact) mass is 331 g/mol. The van der Waals surface area contributed by atoms with E-state index in [4.69, 9.17) is 0 Å². The smallest absolute Gasteiger partial charge is 0.331 e. The van der Waals surface area contributed by atoms with Gasteiger partial charge in [0.1, 0.15) is 0 Å². The predicted molar refractivity (Wildman–Crippen MR) is 91.3 cm³/mol. The number of piperidine rings is 1. The average molecular weight is 331 g/mol. The van der Waals surface area contributed by atoms with Crippen LogP contribution in [0.1, 0.15) is 58.8 Å². The van der Waals surface area contributed by atoms with Crippen LogP contribution in [0, 0.1) is 28.6 Å². The molecule has 0 aromatic carbocycles. The normalized spacial score (nSPS) is 47.5. The van der Waals surface area contributed by atoms with Crippen molar-refractivity contribution in [2.75, 3.05) is 7.05 Å². The summed E-state index contributed by atoms with van der Waals surface area (Å²) < 4.78 is 0. The number of hydrogen-bond donors (Lipinski definition) is 1. The largest absolute Gasteiger partial charge is 0.478 e. The second-order valence-electron chi connectivity index (χ2n) is 9.10. The number of carboxylic acid groups (broad SMARTS) is 1. The third-order valence-electron chi connectivity index (χ3n) is 8.37. The second-order valence-corrected chi connectivity index (χ2v) is 9.10. The molecule has 3 fully saturated rings. The van der Waals surface area contributed by atoms with Gasteiger partial charge in [-0.05, 0) is 61.7 Å². The van der Waals surface area contributed by atoms with Crippen LogP contribution in [0.3, 0.4) is 0 Å². The molecule has 132 valence electrons. The first kappa shape index (κ1) is 16.2. The maximum absolute atomic E-state index is 12.2. The summed E-state index contributed by atoms with van der Waals surface area (Å²) >= 11 is 0. The lowest BCUT2D eigenvalue weighted by atomic mass is 9.47. The SMILES string of the molecule is CN1C(=O)CC[C@@]2(C)C1CC[C@@H]1[C@H]2CC[C@]2(C)C(C(=O)O)=CC[C@@H]12. The van der Waals surface area contributed by atoms with Gasteiger partial charge in [0, 0.05) is 30.5 Å². The molecule has 4 nitrogen and oxygen atoms in total. The second kappa shape index (κ2) is 5.09. The Labute approximate surface area is 144 Å². The number of nitrogens with zero attached hydrogens (tertiary/aromatic N) is 1. The summed E-state index contributed by atoms with van der Waals surface area (Å²) in [5, 5.41) is 9.60. The van der Waals surface area contributed by atoms with E-state index in [0.29, 0.717) is 41.7 Å². The van der Waals surface area contributed by atoms with E-state index in [1.807, 2.05) is 18.0 Å². The minimum Gasteiger partial charge on any atom is -0.478 e. The lowest BCUT2D eigenvalue weighted by molar-refractivity contribution is -0.157. The fourth-order valence-corrected chi connectivity index (χ4v) is 7.05. The van der Waals surface area contributed by atoms with Gasteiger partial charge in [0.05, 0.1) is 0 Å². The number of carboxylic acids is 1. The van der Waals surface area contributed by atoms with Gasteiger partial charge in [0.2, 0.25) is 5.91 Å². The fourth-order valence-electron chi connectivity index (χ4n) is 7.05. The third kappa shape index (κ3) is 1.91. The van der Waals surface area contributed by atoms with Crippen LogP contribution in [0.2, 0.25) is 0 Å². The Morgan fingerprint density at radius 3 is 2.67 bits per heavy atom. The number of aliphatic carboxylic acids is 1. The summed E-state index contributed by atoms with van der Waals surface area (Å²) in [6, 6.07) is 0.373. The molecule has 2 saturated carbocycles. The highest BCUT2D eigenvalue weighted by atomic mass is 16.4. The topological polar surface area (TPSA) is 57.6 Å². The van der Waals surface area contributed by atoms with E-state index in [2.05, 4.69) is 13.8 Å². The van der Waals surface area contributed by atoms with Crippen LogP contribution >= 0.6 is 0 Å². The zero-order chi connectivity index (χ0) is 17.3. The number of rotatable bonds is 1. The molecular formula is C20H29NO3. The summed E-state index contributed by atoms with van der Waals surface area (Å²) in [5.41, 5.74) is 0.722. The van der Waals surface area contributed by atoms with E-state index in [9.17, 15) is 14.7 Å². The van der Waals surface area contributed by atoms with Crippen molar-refractivity contribution in [3.8, 4) is 0 Å². The number of carbonyl (C=O) groups is 2. The van der Waals surface area contributed by atoms with Gasteiger partial charge in [0.15, 0.2) is 0 Å². The molecule has 6 atom stereocenters. The van der Waals surface area contributed by atoms with Gasteiger partial charge in [0.25, 0.3) is 0 Å². The Balaban J connectivity index is 1.65. The predicted octanol–water partition coefficient (Wildman–Crippen LogP) is 3.47. The highest BCUT2D eigenvalue weighted by molar-refractivity contribution is 5.89. The van der Waals surface area contributed by atoms with E-state index >= 15 is 0 Å². The lowest BCUT2D eigenvalue weighted by Gasteiger charge is -2.61. The van der Waals surface area contributed by atoms with Crippen molar-refractivity contribution in [3.05, 3.63) is 11.6 Å². The molecule has 3 aliphatic carbocycles. The highest BCUT2D eigenvalue weighted by Crippen LogP contribution is 2.64. The Kier molecular flexibility index (Phi) is 3.43. The highest BCUT2D eigenvalue weighted by Gasteiger charge is 2.60. The van der Waals surface area contributed by atoms with Gasteiger partial charge < -0.3 is 10.0 Å². The molecule has 1 aliphatic heterocycles. The maximum Gasteiger partial charge on any atom is 0.331 e. The van der Waals surface area contributed by atoms with Crippen molar-refractivity contribution >= 4 is 11.9 Å². The minimum atomic E-state index is -0.721. The molecule has 0 radical (unpaired) electrons. The van der Waals surface area contributed by atoms with Crippen molar-refractivity contribution in [1.82, 2.24) is 4.90 Å². The summed E-state index contributed by atoms with van der Waals surface area (Å²) in [6.45, 7) is 4.59. The number of carbonyl (C=O) groups excluding carboxylic acids is 1. The zero-order valence-corrected chi connectivity index (χ0v) is 15.0. The standard InChI is InChI=1S/C20H29NO3/c1-19-10-8-14-12(13(19)5-6-15(19)18(23)24)4-7-16-20(14,2)11-9-17(22)21(16)3/h6,12-14,16H,4-5,7-11H2,1-3H3,(H,23,24)/t12-,13-,14+,16?,19-,20+/m0/s1. The van der Waals surface area contributed by atoms with Gasteiger partial charge >= 0.3 is 5.97 Å². The molecule has 4 rings (SSSR count). The number of likely N-dealkylation sites (tertiary alicyclic amines) is 1.